The number of rotatable bonds is 10. The summed E-state index contributed by atoms with van der Waals surface area (Å²) in [5.41, 5.74) is 3.11. The molecule has 0 saturated carbocycles. The van der Waals surface area contributed by atoms with Gasteiger partial charge >= 0.3 is 17.6 Å². The van der Waals surface area contributed by atoms with Gasteiger partial charge in [0.2, 0.25) is 6.79 Å². The molecule has 9 nitrogen and oxygen atoms in total. The summed E-state index contributed by atoms with van der Waals surface area (Å²) in [7, 11) is 0. The van der Waals surface area contributed by atoms with Crippen molar-refractivity contribution in [2.75, 3.05) is 6.79 Å². The number of fused-ring (bicyclic) bond motifs is 2. The van der Waals surface area contributed by atoms with Crippen molar-refractivity contribution < 1.29 is 19.1 Å². The molecular weight excluding hydrogens is 438 g/mol. The van der Waals surface area contributed by atoms with Crippen LogP contribution in [0.4, 0.5) is 0 Å². The van der Waals surface area contributed by atoms with E-state index in [0.717, 1.165) is 54.2 Å². The van der Waals surface area contributed by atoms with Crippen molar-refractivity contribution in [2.45, 2.75) is 65.7 Å². The van der Waals surface area contributed by atoms with Gasteiger partial charge in [0.15, 0.2) is 5.69 Å². The summed E-state index contributed by atoms with van der Waals surface area (Å²) in [6.07, 6.45) is 5.43. The summed E-state index contributed by atoms with van der Waals surface area (Å²) in [4.78, 5) is 57.0. The van der Waals surface area contributed by atoms with E-state index >= 15 is 0 Å². The molecule has 0 amide bonds. The first-order chi connectivity index (χ1) is 16.2. The molecule has 0 spiro atoms. The zero-order valence-electron chi connectivity index (χ0n) is 19.7. The Labute approximate surface area is 196 Å². The van der Waals surface area contributed by atoms with Crippen LogP contribution in [0.5, 0.6) is 0 Å². The standard InChI is InChI=1S/C25H29N3O6/c1-15-11-19-18(9-7-5-4-6-8-10-22(30)34-14-33-17(3)29)13-21-23(24(31)28-25(32)27-21)26-20(19)12-16(15)2/h11-13H,4-10,14H2,1-3H3,(H,28,31,32). The second kappa shape index (κ2) is 11.5. The van der Waals surface area contributed by atoms with Gasteiger partial charge in [0.05, 0.1) is 5.52 Å². The summed E-state index contributed by atoms with van der Waals surface area (Å²) >= 11 is 0. The molecular formula is C25H29N3O6. The summed E-state index contributed by atoms with van der Waals surface area (Å²) in [6.45, 7) is 4.94. The van der Waals surface area contributed by atoms with Crippen LogP contribution in [0.2, 0.25) is 0 Å². The lowest BCUT2D eigenvalue weighted by Crippen LogP contribution is -2.25. The number of unbranched alkanes of at least 4 members (excludes halogenated alkanes) is 4. The Morgan fingerprint density at radius 3 is 2.38 bits per heavy atom. The quantitative estimate of drug-likeness (QED) is 0.273. The minimum atomic E-state index is -0.681. The van der Waals surface area contributed by atoms with E-state index in [1.807, 2.05) is 19.9 Å². The molecule has 0 fully saturated rings. The highest BCUT2D eigenvalue weighted by atomic mass is 16.7. The van der Waals surface area contributed by atoms with Crippen molar-refractivity contribution in [3.63, 3.8) is 0 Å². The maximum absolute atomic E-state index is 12.3. The number of hydrogen-bond donors (Lipinski definition) is 1. The van der Waals surface area contributed by atoms with Crippen LogP contribution >= 0.6 is 0 Å². The molecule has 2 aliphatic rings. The number of aryl methyl sites for hydroxylation is 3. The largest absolute Gasteiger partial charge is 0.428 e. The first-order valence-corrected chi connectivity index (χ1v) is 11.4. The first kappa shape index (κ1) is 25.0. The molecule has 2 aliphatic heterocycles. The van der Waals surface area contributed by atoms with Crippen LogP contribution in [-0.4, -0.2) is 33.7 Å². The Bertz CT molecular complexity index is 1280. The predicted molar refractivity (Wildman–Crippen MR) is 127 cm³/mol. The lowest BCUT2D eigenvalue weighted by atomic mass is 9.99. The van der Waals surface area contributed by atoms with Gasteiger partial charge in [0, 0.05) is 18.7 Å². The highest BCUT2D eigenvalue weighted by molar-refractivity contribution is 5.85. The number of carbonyl (C=O) groups excluding carboxylic acids is 2. The van der Waals surface area contributed by atoms with Gasteiger partial charge in [-0.1, -0.05) is 19.3 Å². The third-order valence-corrected chi connectivity index (χ3v) is 5.71. The summed E-state index contributed by atoms with van der Waals surface area (Å²) in [5, 5.41) is 0.948. The highest BCUT2D eigenvalue weighted by Gasteiger charge is 2.14. The molecule has 0 saturated heterocycles. The summed E-state index contributed by atoms with van der Waals surface area (Å²) in [6, 6.07) is 5.83. The van der Waals surface area contributed by atoms with Crippen LogP contribution in [-0.2, 0) is 25.5 Å². The van der Waals surface area contributed by atoms with Crippen LogP contribution in [0.1, 0.15) is 62.1 Å². The molecule has 3 rings (SSSR count). The fourth-order valence-electron chi connectivity index (χ4n) is 3.76. The van der Waals surface area contributed by atoms with Crippen molar-refractivity contribution in [3.05, 3.63) is 55.7 Å². The second-order valence-corrected chi connectivity index (χ2v) is 8.38. The minimum Gasteiger partial charge on any atom is -0.428 e. The van der Waals surface area contributed by atoms with Crippen molar-refractivity contribution in [3.8, 4) is 11.4 Å². The van der Waals surface area contributed by atoms with E-state index in [9.17, 15) is 19.2 Å². The number of aromatic nitrogens is 3. The van der Waals surface area contributed by atoms with E-state index in [0.29, 0.717) is 17.6 Å². The van der Waals surface area contributed by atoms with Crippen molar-refractivity contribution in [1.82, 2.24) is 15.0 Å². The van der Waals surface area contributed by atoms with Gasteiger partial charge in [-0.05, 0) is 68.0 Å². The normalized spacial score (nSPS) is 11.0. The van der Waals surface area contributed by atoms with Gasteiger partial charge in [0.1, 0.15) is 5.69 Å². The summed E-state index contributed by atoms with van der Waals surface area (Å²) < 4.78 is 9.40. The van der Waals surface area contributed by atoms with E-state index in [4.69, 9.17) is 4.74 Å². The van der Waals surface area contributed by atoms with Crippen LogP contribution in [0.3, 0.4) is 0 Å². The number of H-pyrrole nitrogens is 1. The van der Waals surface area contributed by atoms with Gasteiger partial charge in [-0.3, -0.25) is 19.4 Å². The molecule has 0 aliphatic carbocycles. The van der Waals surface area contributed by atoms with Gasteiger partial charge in [-0.15, -0.1) is 0 Å². The van der Waals surface area contributed by atoms with Crippen molar-refractivity contribution >= 4 is 22.8 Å². The van der Waals surface area contributed by atoms with Crippen molar-refractivity contribution in [2.24, 2.45) is 0 Å². The number of nitrogens with zero attached hydrogens (tertiary/aromatic N) is 2. The molecule has 0 bridgehead atoms. The second-order valence-electron chi connectivity index (χ2n) is 8.38. The Kier molecular flexibility index (Phi) is 8.45. The predicted octanol–water partition coefficient (Wildman–Crippen LogP) is 3.35. The molecule has 1 N–H and O–H groups in total. The first-order valence-electron chi connectivity index (χ1n) is 11.4. The van der Waals surface area contributed by atoms with Gasteiger partial charge < -0.3 is 9.47 Å². The number of benzene rings is 1. The molecule has 34 heavy (non-hydrogen) atoms. The number of hydrogen-bond acceptors (Lipinski definition) is 8. The Hall–Kier alpha value is -3.62. The third kappa shape index (κ3) is 6.69. The van der Waals surface area contributed by atoms with E-state index in [-0.39, 0.29) is 24.9 Å². The monoisotopic (exact) mass is 467 g/mol. The average Bonchev–Trinajstić information content (AvgIpc) is 2.90. The maximum atomic E-state index is 12.3. The van der Waals surface area contributed by atoms with Crippen LogP contribution in [0, 0.1) is 13.8 Å². The van der Waals surface area contributed by atoms with Crippen LogP contribution < -0.4 is 11.2 Å². The zero-order chi connectivity index (χ0) is 24.7. The smallest absolute Gasteiger partial charge is 0.348 e. The molecule has 0 aromatic heterocycles. The van der Waals surface area contributed by atoms with Gasteiger partial charge in [-0.25, -0.2) is 9.78 Å². The molecule has 0 atom stereocenters. The molecule has 9 heteroatoms. The fourth-order valence-corrected chi connectivity index (χ4v) is 3.76. The Morgan fingerprint density at radius 2 is 1.62 bits per heavy atom. The summed E-state index contributed by atoms with van der Waals surface area (Å²) in [5.74, 6) is -0.868. The molecule has 1 aromatic rings. The molecule has 1 aromatic carbocycles. The zero-order valence-corrected chi connectivity index (χ0v) is 19.7. The van der Waals surface area contributed by atoms with Crippen LogP contribution in [0.25, 0.3) is 22.3 Å². The topological polar surface area (TPSA) is 128 Å². The maximum Gasteiger partial charge on any atom is 0.348 e. The molecule has 0 radical (unpaired) electrons. The third-order valence-electron chi connectivity index (χ3n) is 5.71. The Balaban J connectivity index is 1.63. The van der Waals surface area contributed by atoms with E-state index in [1.54, 1.807) is 6.07 Å². The van der Waals surface area contributed by atoms with E-state index < -0.39 is 17.2 Å². The minimum absolute atomic E-state index is 0.152. The molecule has 0 unspecified atom stereocenters. The van der Waals surface area contributed by atoms with Gasteiger partial charge in [-0.2, -0.15) is 4.98 Å². The highest BCUT2D eigenvalue weighted by Crippen LogP contribution is 2.26. The lowest BCUT2D eigenvalue weighted by Gasteiger charge is -2.07. The van der Waals surface area contributed by atoms with E-state index in [1.165, 1.54) is 6.92 Å². The Morgan fingerprint density at radius 1 is 0.912 bits per heavy atom. The van der Waals surface area contributed by atoms with Crippen molar-refractivity contribution in [1.29, 1.82) is 0 Å². The number of nitrogens with one attached hydrogen (secondary N) is 1. The fraction of sp³-hybridized carbons (Fsp3) is 0.440. The van der Waals surface area contributed by atoms with E-state index in [2.05, 4.69) is 25.8 Å². The SMILES string of the molecule is CC(=O)OCOC(=O)CCCCCCCc1cc2nc(=O)[nH]c(=O)c-2nc2cc(C)c(C)cc12. The lowest BCUT2D eigenvalue weighted by molar-refractivity contribution is -0.165. The number of ether oxygens (including phenoxy) is 2. The average molecular weight is 468 g/mol. The molecule has 180 valence electrons. The van der Waals surface area contributed by atoms with Gasteiger partial charge in [0.25, 0.3) is 5.56 Å². The van der Waals surface area contributed by atoms with Crippen LogP contribution in [0.15, 0.2) is 27.8 Å². The number of carbonyl (C=O) groups is 2. The number of esters is 2. The number of aromatic amines is 1. The molecule has 2 heterocycles.